The van der Waals surface area contributed by atoms with Crippen LogP contribution in [-0.4, -0.2) is 17.7 Å². The normalized spacial score (nSPS) is 28.1. The molecule has 3 heteroatoms. The van der Waals surface area contributed by atoms with Crippen molar-refractivity contribution in [2.24, 2.45) is 5.92 Å². The van der Waals surface area contributed by atoms with Crippen molar-refractivity contribution in [3.63, 3.8) is 0 Å². The maximum Gasteiger partial charge on any atom is 0.0762 e. The summed E-state index contributed by atoms with van der Waals surface area (Å²) in [6.07, 6.45) is 7.62. The van der Waals surface area contributed by atoms with Crippen LogP contribution in [0, 0.1) is 5.92 Å². The zero-order chi connectivity index (χ0) is 14.1. The van der Waals surface area contributed by atoms with Crippen molar-refractivity contribution in [2.75, 3.05) is 11.4 Å². The van der Waals surface area contributed by atoms with Crippen molar-refractivity contribution in [3.05, 3.63) is 28.8 Å². The third-order valence-electron chi connectivity index (χ3n) is 5.01. The molecular formula is C17H24ClNO. The van der Waals surface area contributed by atoms with Crippen molar-refractivity contribution in [1.29, 1.82) is 0 Å². The van der Waals surface area contributed by atoms with Gasteiger partial charge in [0.2, 0.25) is 0 Å². The van der Waals surface area contributed by atoms with Gasteiger partial charge in [0.25, 0.3) is 0 Å². The van der Waals surface area contributed by atoms with E-state index in [-0.39, 0.29) is 0 Å². The minimum Gasteiger partial charge on any atom is -0.389 e. The number of halogens is 1. The highest BCUT2D eigenvalue weighted by atomic mass is 35.5. The third kappa shape index (κ3) is 2.68. The molecule has 0 aromatic heterocycles. The molecule has 1 unspecified atom stereocenters. The molecule has 1 aromatic rings. The highest BCUT2D eigenvalue weighted by molar-refractivity contribution is 6.33. The topological polar surface area (TPSA) is 23.5 Å². The number of benzene rings is 1. The molecular weight excluding hydrogens is 270 g/mol. The predicted octanol–water partition coefficient (Wildman–Crippen LogP) is 4.55. The maximum absolute atomic E-state index is 9.66. The van der Waals surface area contributed by atoms with Gasteiger partial charge in [-0.2, -0.15) is 0 Å². The lowest BCUT2D eigenvalue weighted by atomic mass is 9.78. The van der Waals surface area contributed by atoms with Crippen LogP contribution in [0.1, 0.15) is 57.1 Å². The summed E-state index contributed by atoms with van der Waals surface area (Å²) in [7, 11) is 0. The molecule has 2 aliphatic rings. The Labute approximate surface area is 126 Å². The summed E-state index contributed by atoms with van der Waals surface area (Å²) in [5, 5.41) is 10.5. The highest BCUT2D eigenvalue weighted by Gasteiger charge is 2.33. The second kappa shape index (κ2) is 5.95. The highest BCUT2D eigenvalue weighted by Crippen LogP contribution is 2.40. The Balaban J connectivity index is 1.87. The average molecular weight is 294 g/mol. The van der Waals surface area contributed by atoms with Gasteiger partial charge in [-0.05, 0) is 56.2 Å². The molecule has 2 fully saturated rings. The molecule has 1 N–H and O–H groups in total. The first-order valence-corrected chi connectivity index (χ1v) is 8.29. The van der Waals surface area contributed by atoms with Crippen molar-refractivity contribution in [3.8, 4) is 0 Å². The molecule has 1 heterocycles. The molecule has 110 valence electrons. The van der Waals surface area contributed by atoms with E-state index >= 15 is 0 Å². The number of nitrogens with zero attached hydrogens (tertiary/aromatic N) is 1. The Bertz CT molecular complexity index is 472. The smallest absolute Gasteiger partial charge is 0.0762 e. The second-order valence-electron chi connectivity index (χ2n) is 6.33. The molecule has 0 amide bonds. The van der Waals surface area contributed by atoms with Gasteiger partial charge in [-0.25, -0.2) is 0 Å². The summed E-state index contributed by atoms with van der Waals surface area (Å²) in [6.45, 7) is 2.90. The Morgan fingerprint density at radius 2 is 1.95 bits per heavy atom. The number of piperidine rings is 1. The molecule has 0 spiro atoms. The minimum atomic E-state index is -0.453. The van der Waals surface area contributed by atoms with Crippen LogP contribution in [0.3, 0.4) is 0 Å². The first-order valence-electron chi connectivity index (χ1n) is 7.91. The van der Waals surface area contributed by atoms with E-state index in [1.54, 1.807) is 6.92 Å². The van der Waals surface area contributed by atoms with Crippen LogP contribution in [0.15, 0.2) is 18.2 Å². The van der Waals surface area contributed by atoms with E-state index in [1.807, 2.05) is 12.1 Å². The summed E-state index contributed by atoms with van der Waals surface area (Å²) >= 11 is 6.49. The number of hydrogen-bond acceptors (Lipinski definition) is 2. The number of fused-ring (bicyclic) bond motifs is 1. The quantitative estimate of drug-likeness (QED) is 0.864. The maximum atomic E-state index is 9.66. The number of aliphatic hydroxyl groups excluding tert-OH is 1. The summed E-state index contributed by atoms with van der Waals surface area (Å²) in [4.78, 5) is 2.53. The van der Waals surface area contributed by atoms with Gasteiger partial charge in [-0.1, -0.05) is 30.5 Å². The van der Waals surface area contributed by atoms with Crippen molar-refractivity contribution < 1.29 is 5.11 Å². The van der Waals surface area contributed by atoms with Gasteiger partial charge < -0.3 is 10.0 Å². The van der Waals surface area contributed by atoms with Gasteiger partial charge in [0.15, 0.2) is 0 Å². The van der Waals surface area contributed by atoms with Gasteiger partial charge in [0.1, 0.15) is 0 Å². The standard InChI is InChI=1S/C17H24ClNO/c1-12(20)14-8-9-17(15(18)11-14)19-10-4-6-13-5-2-3-7-16(13)19/h8-9,11-13,16,20H,2-7,10H2,1H3/t12?,13-,16-/m1/s1. The van der Waals surface area contributed by atoms with Crippen LogP contribution >= 0.6 is 11.6 Å². The fourth-order valence-electron chi connectivity index (χ4n) is 3.94. The third-order valence-corrected chi connectivity index (χ3v) is 5.31. The number of rotatable bonds is 2. The molecule has 1 saturated carbocycles. The molecule has 1 aromatic carbocycles. The van der Waals surface area contributed by atoms with Crippen LogP contribution in [-0.2, 0) is 0 Å². The van der Waals surface area contributed by atoms with Crippen LogP contribution in [0.5, 0.6) is 0 Å². The van der Waals surface area contributed by atoms with E-state index in [2.05, 4.69) is 11.0 Å². The van der Waals surface area contributed by atoms with Gasteiger partial charge in [0, 0.05) is 12.6 Å². The van der Waals surface area contributed by atoms with E-state index in [1.165, 1.54) is 38.5 Å². The van der Waals surface area contributed by atoms with Crippen LogP contribution in [0.2, 0.25) is 5.02 Å². The fraction of sp³-hybridized carbons (Fsp3) is 0.647. The van der Waals surface area contributed by atoms with E-state index < -0.39 is 6.10 Å². The summed E-state index contributed by atoms with van der Waals surface area (Å²) in [5.74, 6) is 0.852. The molecule has 3 rings (SSSR count). The molecule has 0 radical (unpaired) electrons. The predicted molar refractivity (Wildman–Crippen MR) is 84.4 cm³/mol. The summed E-state index contributed by atoms with van der Waals surface area (Å²) < 4.78 is 0. The van der Waals surface area contributed by atoms with Gasteiger partial charge in [-0.15, -0.1) is 0 Å². The molecule has 2 nitrogen and oxygen atoms in total. The van der Waals surface area contributed by atoms with E-state index in [9.17, 15) is 5.11 Å². The van der Waals surface area contributed by atoms with Crippen LogP contribution in [0.25, 0.3) is 0 Å². The van der Waals surface area contributed by atoms with Crippen molar-refractivity contribution in [2.45, 2.75) is 57.6 Å². The van der Waals surface area contributed by atoms with Gasteiger partial charge in [-0.3, -0.25) is 0 Å². The van der Waals surface area contributed by atoms with Gasteiger partial charge in [0.05, 0.1) is 16.8 Å². The van der Waals surface area contributed by atoms with E-state index in [0.717, 1.165) is 28.7 Å². The minimum absolute atomic E-state index is 0.453. The second-order valence-corrected chi connectivity index (χ2v) is 6.74. The number of hydrogen-bond donors (Lipinski definition) is 1. The molecule has 0 bridgehead atoms. The lowest BCUT2D eigenvalue weighted by Crippen LogP contribution is -2.47. The molecule has 1 aliphatic heterocycles. The Morgan fingerprint density at radius 3 is 2.70 bits per heavy atom. The van der Waals surface area contributed by atoms with E-state index in [0.29, 0.717) is 6.04 Å². The zero-order valence-corrected chi connectivity index (χ0v) is 12.9. The van der Waals surface area contributed by atoms with E-state index in [4.69, 9.17) is 11.6 Å². The largest absolute Gasteiger partial charge is 0.389 e. The Kier molecular flexibility index (Phi) is 4.23. The lowest BCUT2D eigenvalue weighted by molar-refractivity contribution is 0.199. The Morgan fingerprint density at radius 1 is 1.20 bits per heavy atom. The lowest BCUT2D eigenvalue weighted by Gasteiger charge is -2.45. The first kappa shape index (κ1) is 14.2. The summed E-state index contributed by atoms with van der Waals surface area (Å²) in [6, 6.07) is 6.71. The Hall–Kier alpha value is -0.730. The SMILES string of the molecule is CC(O)c1ccc(N2CCC[C@H]3CCCC[C@H]32)c(Cl)c1. The first-order chi connectivity index (χ1) is 9.66. The van der Waals surface area contributed by atoms with Crippen LogP contribution in [0.4, 0.5) is 5.69 Å². The van der Waals surface area contributed by atoms with Gasteiger partial charge >= 0.3 is 0 Å². The van der Waals surface area contributed by atoms with Crippen molar-refractivity contribution >= 4 is 17.3 Å². The molecule has 1 saturated heterocycles. The average Bonchev–Trinajstić information content (AvgIpc) is 2.46. The van der Waals surface area contributed by atoms with Crippen molar-refractivity contribution in [1.82, 2.24) is 0 Å². The molecule has 1 aliphatic carbocycles. The fourth-order valence-corrected chi connectivity index (χ4v) is 4.24. The number of anilines is 1. The monoisotopic (exact) mass is 293 g/mol. The summed E-state index contributed by atoms with van der Waals surface area (Å²) in [5.41, 5.74) is 2.06. The zero-order valence-electron chi connectivity index (χ0n) is 12.2. The molecule has 3 atom stereocenters. The number of aliphatic hydroxyl groups is 1. The van der Waals surface area contributed by atoms with Crippen LogP contribution < -0.4 is 4.90 Å². The molecule has 20 heavy (non-hydrogen) atoms.